The fourth-order valence-electron chi connectivity index (χ4n) is 1.75. The molecule has 90 valence electrons. The maximum absolute atomic E-state index is 9.49. The average molecular weight is 258 g/mol. The minimum atomic E-state index is 0.246. The predicted octanol–water partition coefficient (Wildman–Crippen LogP) is 2.45. The van der Waals surface area contributed by atoms with Crippen LogP contribution >= 0.6 is 11.8 Å². The zero-order valence-corrected chi connectivity index (χ0v) is 10.4. The summed E-state index contributed by atoms with van der Waals surface area (Å²) in [6.07, 6.45) is 5.19. The lowest BCUT2D eigenvalue weighted by Gasteiger charge is -2.04. The quantitative estimate of drug-likeness (QED) is 0.690. The molecule has 0 fully saturated rings. The summed E-state index contributed by atoms with van der Waals surface area (Å²) in [5, 5.41) is 9.49. The molecule has 2 N–H and O–H groups in total. The second kappa shape index (κ2) is 4.30. The molecule has 0 radical (unpaired) electrons. The van der Waals surface area contributed by atoms with Crippen molar-refractivity contribution in [2.75, 3.05) is 6.26 Å². The van der Waals surface area contributed by atoms with Gasteiger partial charge in [0.1, 0.15) is 11.6 Å². The third-order valence-corrected chi connectivity index (χ3v) is 3.35. The Kier molecular flexibility index (Phi) is 2.64. The molecule has 0 bridgehead atoms. The van der Waals surface area contributed by atoms with E-state index in [1.54, 1.807) is 36.3 Å². The number of hydrogen-bond donors (Lipinski definition) is 2. The summed E-state index contributed by atoms with van der Waals surface area (Å²) >= 11 is 1.55. The van der Waals surface area contributed by atoms with Crippen molar-refractivity contribution in [2.24, 2.45) is 0 Å². The highest BCUT2D eigenvalue weighted by Gasteiger charge is 2.11. The number of fused-ring (bicyclic) bond motifs is 1. The smallest absolute Gasteiger partial charge is 0.197 e. The van der Waals surface area contributed by atoms with Gasteiger partial charge in [-0.3, -0.25) is 0 Å². The minimum absolute atomic E-state index is 0.246. The second-order valence-electron chi connectivity index (χ2n) is 3.70. The third kappa shape index (κ3) is 1.80. The van der Waals surface area contributed by atoms with E-state index in [2.05, 4.69) is 19.9 Å². The lowest BCUT2D eigenvalue weighted by atomic mass is 10.2. The Morgan fingerprint density at radius 2 is 2.06 bits per heavy atom. The van der Waals surface area contributed by atoms with Crippen LogP contribution in [-0.4, -0.2) is 31.3 Å². The van der Waals surface area contributed by atoms with Crippen LogP contribution < -0.4 is 0 Å². The molecule has 0 saturated heterocycles. The molecule has 0 atom stereocenters. The Hall–Kier alpha value is -2.08. The van der Waals surface area contributed by atoms with Gasteiger partial charge in [0.2, 0.25) is 0 Å². The van der Waals surface area contributed by atoms with Crippen molar-refractivity contribution in [3.8, 4) is 17.1 Å². The topological polar surface area (TPSA) is 74.7 Å². The summed E-state index contributed by atoms with van der Waals surface area (Å²) in [6.45, 7) is 0. The molecule has 0 unspecified atom stereocenters. The zero-order chi connectivity index (χ0) is 12.5. The number of nitrogens with zero attached hydrogens (tertiary/aromatic N) is 3. The van der Waals surface area contributed by atoms with E-state index in [1.807, 2.05) is 12.3 Å². The van der Waals surface area contributed by atoms with Gasteiger partial charge in [-0.15, -0.1) is 11.8 Å². The third-order valence-electron chi connectivity index (χ3n) is 2.57. The Labute approximate surface area is 107 Å². The molecular formula is C12H10N4OS. The monoisotopic (exact) mass is 258 g/mol. The highest BCUT2D eigenvalue weighted by atomic mass is 32.2. The lowest BCUT2D eigenvalue weighted by molar-refractivity contribution is 0.474. The van der Waals surface area contributed by atoms with Gasteiger partial charge in [0, 0.05) is 22.9 Å². The van der Waals surface area contributed by atoms with Crippen molar-refractivity contribution in [1.29, 1.82) is 0 Å². The van der Waals surface area contributed by atoms with Crippen LogP contribution in [0.1, 0.15) is 0 Å². The molecule has 3 rings (SSSR count). The Morgan fingerprint density at radius 3 is 2.83 bits per heavy atom. The number of rotatable bonds is 2. The summed E-state index contributed by atoms with van der Waals surface area (Å²) in [7, 11) is 0. The first-order valence-electron chi connectivity index (χ1n) is 5.32. The molecule has 0 amide bonds. The van der Waals surface area contributed by atoms with Crippen LogP contribution in [0.25, 0.3) is 22.7 Å². The van der Waals surface area contributed by atoms with E-state index in [1.165, 1.54) is 0 Å². The van der Waals surface area contributed by atoms with E-state index in [-0.39, 0.29) is 5.75 Å². The number of thioether (sulfide) groups is 1. The molecule has 5 nitrogen and oxygen atoms in total. The van der Waals surface area contributed by atoms with Gasteiger partial charge in [0.25, 0.3) is 0 Å². The number of H-pyrrole nitrogens is 1. The molecule has 0 aliphatic heterocycles. The average Bonchev–Trinajstić information content (AvgIpc) is 2.82. The van der Waals surface area contributed by atoms with Crippen LogP contribution in [0.2, 0.25) is 0 Å². The van der Waals surface area contributed by atoms with Crippen LogP contribution in [0.5, 0.6) is 5.75 Å². The van der Waals surface area contributed by atoms with Crippen LogP contribution in [0, 0.1) is 0 Å². The van der Waals surface area contributed by atoms with E-state index < -0.39 is 0 Å². The molecule has 2 aromatic heterocycles. The molecule has 3 aromatic rings. The predicted molar refractivity (Wildman–Crippen MR) is 70.6 cm³/mol. The summed E-state index contributed by atoms with van der Waals surface area (Å²) in [5.41, 5.74) is 2.18. The van der Waals surface area contributed by atoms with E-state index in [4.69, 9.17) is 0 Å². The van der Waals surface area contributed by atoms with Crippen molar-refractivity contribution >= 4 is 23.1 Å². The van der Waals surface area contributed by atoms with E-state index in [0.29, 0.717) is 17.1 Å². The van der Waals surface area contributed by atoms with Crippen molar-refractivity contribution in [2.45, 2.75) is 4.90 Å². The molecule has 0 saturated carbocycles. The molecule has 0 spiro atoms. The maximum atomic E-state index is 9.49. The molecule has 18 heavy (non-hydrogen) atoms. The van der Waals surface area contributed by atoms with Crippen molar-refractivity contribution in [1.82, 2.24) is 19.9 Å². The van der Waals surface area contributed by atoms with Crippen LogP contribution in [-0.2, 0) is 0 Å². The zero-order valence-electron chi connectivity index (χ0n) is 9.58. The number of phenols is 1. The summed E-state index contributed by atoms with van der Waals surface area (Å²) < 4.78 is 0. The highest BCUT2D eigenvalue weighted by molar-refractivity contribution is 7.98. The maximum Gasteiger partial charge on any atom is 0.197 e. The Morgan fingerprint density at radius 1 is 1.22 bits per heavy atom. The van der Waals surface area contributed by atoms with Gasteiger partial charge in [-0.2, -0.15) is 0 Å². The highest BCUT2D eigenvalue weighted by Crippen LogP contribution is 2.31. The molecule has 6 heteroatoms. The van der Waals surface area contributed by atoms with Crippen LogP contribution in [0.15, 0.2) is 35.5 Å². The van der Waals surface area contributed by atoms with Gasteiger partial charge in [-0.25, -0.2) is 15.0 Å². The summed E-state index contributed by atoms with van der Waals surface area (Å²) in [6, 6.07) is 5.19. The Balaban J connectivity index is 2.19. The van der Waals surface area contributed by atoms with Gasteiger partial charge in [-0.1, -0.05) is 0 Å². The van der Waals surface area contributed by atoms with Crippen LogP contribution in [0.4, 0.5) is 0 Å². The molecule has 2 heterocycles. The van der Waals surface area contributed by atoms with Gasteiger partial charge < -0.3 is 10.1 Å². The van der Waals surface area contributed by atoms with E-state index in [0.717, 1.165) is 10.5 Å². The standard InChI is InChI=1S/C12H10N4OS/c1-18-9-6-7(17)2-3-8(9)10-15-11-12(16-10)14-5-4-13-11/h2-6,17H,1H3,(H,13,14,15,16). The minimum Gasteiger partial charge on any atom is -0.508 e. The fraction of sp³-hybridized carbons (Fsp3) is 0.0833. The molecule has 0 aliphatic carbocycles. The summed E-state index contributed by atoms with van der Waals surface area (Å²) in [4.78, 5) is 16.8. The summed E-state index contributed by atoms with van der Waals surface area (Å²) in [5.74, 6) is 0.955. The number of aromatic hydroxyl groups is 1. The fourth-order valence-corrected chi connectivity index (χ4v) is 2.37. The SMILES string of the molecule is CSc1cc(O)ccc1-c1nc2nccnc2[nH]1. The van der Waals surface area contributed by atoms with Gasteiger partial charge in [0.15, 0.2) is 11.3 Å². The molecule has 0 aliphatic rings. The first-order valence-corrected chi connectivity index (χ1v) is 6.54. The molecular weight excluding hydrogens is 248 g/mol. The first kappa shape index (κ1) is 11.0. The number of benzene rings is 1. The number of hydrogen-bond acceptors (Lipinski definition) is 5. The lowest BCUT2D eigenvalue weighted by Crippen LogP contribution is -1.84. The van der Waals surface area contributed by atoms with E-state index in [9.17, 15) is 5.11 Å². The van der Waals surface area contributed by atoms with Crippen molar-refractivity contribution < 1.29 is 5.11 Å². The number of nitrogens with one attached hydrogen (secondary N) is 1. The number of aromatic amines is 1. The Bertz CT molecular complexity index is 677. The number of aromatic nitrogens is 4. The normalized spacial score (nSPS) is 10.9. The first-order chi connectivity index (χ1) is 8.78. The second-order valence-corrected chi connectivity index (χ2v) is 4.55. The van der Waals surface area contributed by atoms with Gasteiger partial charge in [-0.05, 0) is 24.5 Å². The van der Waals surface area contributed by atoms with Gasteiger partial charge in [0.05, 0.1) is 0 Å². The largest absolute Gasteiger partial charge is 0.508 e. The number of phenolic OH excluding ortho intramolecular Hbond substituents is 1. The molecule has 1 aromatic carbocycles. The van der Waals surface area contributed by atoms with Crippen LogP contribution in [0.3, 0.4) is 0 Å². The van der Waals surface area contributed by atoms with Crippen molar-refractivity contribution in [3.05, 3.63) is 30.6 Å². The number of imidazole rings is 1. The van der Waals surface area contributed by atoms with E-state index >= 15 is 0 Å². The van der Waals surface area contributed by atoms with Crippen molar-refractivity contribution in [3.63, 3.8) is 0 Å². The van der Waals surface area contributed by atoms with Gasteiger partial charge >= 0.3 is 0 Å².